The van der Waals surface area contributed by atoms with Crippen molar-refractivity contribution in [1.29, 1.82) is 0 Å². The molecule has 1 rings (SSSR count). The van der Waals surface area contributed by atoms with Crippen LogP contribution in [0.2, 0.25) is 0 Å². The van der Waals surface area contributed by atoms with Gasteiger partial charge in [0.15, 0.2) is 0 Å². The van der Waals surface area contributed by atoms with E-state index in [0.29, 0.717) is 6.54 Å². The number of benzene rings is 1. The molecular formula is C11H12N2O. The Balaban J connectivity index is 2.74. The zero-order valence-electron chi connectivity index (χ0n) is 7.73. The number of nitrogens with one attached hydrogen (secondary N) is 1. The van der Waals surface area contributed by atoms with Crippen LogP contribution in [0, 0.1) is 12.3 Å². The van der Waals surface area contributed by atoms with Crippen LogP contribution in [0.1, 0.15) is 11.6 Å². The molecule has 1 atom stereocenters. The van der Waals surface area contributed by atoms with Crippen LogP contribution in [-0.2, 0) is 4.79 Å². The average molecular weight is 188 g/mol. The average Bonchev–Trinajstić information content (AvgIpc) is 2.26. The molecule has 72 valence electrons. The first kappa shape index (κ1) is 10.3. The molecule has 0 saturated carbocycles. The van der Waals surface area contributed by atoms with E-state index < -0.39 is 5.91 Å². The van der Waals surface area contributed by atoms with Gasteiger partial charge < -0.3 is 11.1 Å². The smallest absolute Gasteiger partial charge is 0.296 e. The van der Waals surface area contributed by atoms with E-state index >= 15 is 0 Å². The molecule has 0 heterocycles. The van der Waals surface area contributed by atoms with Gasteiger partial charge in [-0.05, 0) is 11.5 Å². The van der Waals surface area contributed by atoms with Crippen molar-refractivity contribution in [1.82, 2.24) is 5.32 Å². The van der Waals surface area contributed by atoms with E-state index in [-0.39, 0.29) is 6.04 Å². The van der Waals surface area contributed by atoms with Crippen molar-refractivity contribution in [2.45, 2.75) is 6.04 Å². The highest BCUT2D eigenvalue weighted by molar-refractivity contribution is 5.93. The summed E-state index contributed by atoms with van der Waals surface area (Å²) in [6, 6.07) is 9.27. The molecule has 0 saturated heterocycles. The molecule has 0 bridgehead atoms. The number of nitrogens with two attached hydrogens (primary N) is 1. The topological polar surface area (TPSA) is 55.1 Å². The fourth-order valence-electron chi connectivity index (χ4n) is 1.16. The van der Waals surface area contributed by atoms with Crippen LogP contribution in [0.3, 0.4) is 0 Å². The van der Waals surface area contributed by atoms with Gasteiger partial charge in [-0.3, -0.25) is 4.79 Å². The standard InChI is InChI=1S/C11H12N2O/c1-2-11(14)13-10(8-12)9-6-4-3-5-7-9/h1,3-7,10H,8,12H2,(H,13,14). The summed E-state index contributed by atoms with van der Waals surface area (Å²) in [4.78, 5) is 11.0. The number of carbonyl (C=O) groups excluding carboxylic acids is 1. The van der Waals surface area contributed by atoms with Crippen molar-refractivity contribution in [3.8, 4) is 12.3 Å². The maximum atomic E-state index is 11.0. The predicted molar refractivity (Wildman–Crippen MR) is 55.2 cm³/mol. The molecular weight excluding hydrogens is 176 g/mol. The molecule has 0 aliphatic heterocycles. The Morgan fingerprint density at radius 1 is 1.50 bits per heavy atom. The van der Waals surface area contributed by atoms with E-state index in [1.165, 1.54) is 0 Å². The molecule has 0 spiro atoms. The molecule has 1 aromatic carbocycles. The first-order chi connectivity index (χ1) is 6.77. The number of amides is 1. The number of hydrogen-bond donors (Lipinski definition) is 2. The number of rotatable bonds is 3. The van der Waals surface area contributed by atoms with Gasteiger partial charge in [0, 0.05) is 6.54 Å². The molecule has 3 heteroatoms. The molecule has 3 nitrogen and oxygen atoms in total. The first-order valence-corrected chi connectivity index (χ1v) is 4.30. The fraction of sp³-hybridized carbons (Fsp3) is 0.182. The maximum absolute atomic E-state index is 11.0. The Morgan fingerprint density at radius 3 is 2.64 bits per heavy atom. The third-order valence-corrected chi connectivity index (χ3v) is 1.87. The van der Waals surface area contributed by atoms with Crippen molar-refractivity contribution in [2.24, 2.45) is 5.73 Å². The minimum Gasteiger partial charge on any atom is -0.337 e. The van der Waals surface area contributed by atoms with Crippen LogP contribution in [0.5, 0.6) is 0 Å². The van der Waals surface area contributed by atoms with Crippen molar-refractivity contribution >= 4 is 5.91 Å². The van der Waals surface area contributed by atoms with E-state index in [2.05, 4.69) is 5.32 Å². The SMILES string of the molecule is C#CC(=O)NC(CN)c1ccccc1. The third kappa shape index (κ3) is 2.61. The van der Waals surface area contributed by atoms with E-state index in [9.17, 15) is 4.79 Å². The second kappa shape index (κ2) is 5.05. The Kier molecular flexibility index (Phi) is 3.71. The molecule has 0 radical (unpaired) electrons. The van der Waals surface area contributed by atoms with Gasteiger partial charge in [-0.2, -0.15) is 0 Å². The van der Waals surface area contributed by atoms with Crippen LogP contribution in [0.15, 0.2) is 30.3 Å². The lowest BCUT2D eigenvalue weighted by atomic mass is 10.1. The summed E-state index contributed by atoms with van der Waals surface area (Å²) < 4.78 is 0. The summed E-state index contributed by atoms with van der Waals surface area (Å²) in [5.74, 6) is 1.55. The van der Waals surface area contributed by atoms with Gasteiger partial charge >= 0.3 is 0 Å². The van der Waals surface area contributed by atoms with Crippen LogP contribution >= 0.6 is 0 Å². The quantitative estimate of drug-likeness (QED) is 0.676. The molecule has 0 fully saturated rings. The summed E-state index contributed by atoms with van der Waals surface area (Å²) >= 11 is 0. The van der Waals surface area contributed by atoms with Crippen LogP contribution in [-0.4, -0.2) is 12.5 Å². The van der Waals surface area contributed by atoms with Crippen LogP contribution in [0.25, 0.3) is 0 Å². The Morgan fingerprint density at radius 2 is 2.14 bits per heavy atom. The fourth-order valence-corrected chi connectivity index (χ4v) is 1.16. The van der Waals surface area contributed by atoms with E-state index in [4.69, 9.17) is 12.2 Å². The second-order valence-electron chi connectivity index (χ2n) is 2.82. The van der Waals surface area contributed by atoms with Gasteiger partial charge in [0.25, 0.3) is 5.91 Å². The largest absolute Gasteiger partial charge is 0.337 e. The Bertz CT molecular complexity index is 340. The van der Waals surface area contributed by atoms with Crippen molar-refractivity contribution in [2.75, 3.05) is 6.54 Å². The number of hydrogen-bond acceptors (Lipinski definition) is 2. The van der Waals surface area contributed by atoms with Crippen molar-refractivity contribution < 1.29 is 4.79 Å². The lowest BCUT2D eigenvalue weighted by Crippen LogP contribution is -2.32. The highest BCUT2D eigenvalue weighted by Gasteiger charge is 2.10. The zero-order chi connectivity index (χ0) is 10.4. The van der Waals surface area contributed by atoms with Gasteiger partial charge in [0.05, 0.1) is 6.04 Å². The lowest BCUT2D eigenvalue weighted by Gasteiger charge is -2.15. The van der Waals surface area contributed by atoms with Crippen molar-refractivity contribution in [3.63, 3.8) is 0 Å². The highest BCUT2D eigenvalue weighted by Crippen LogP contribution is 2.10. The molecule has 1 aromatic rings. The zero-order valence-corrected chi connectivity index (χ0v) is 7.73. The summed E-state index contributed by atoms with van der Waals surface area (Å²) in [6.45, 7) is 0.331. The van der Waals surface area contributed by atoms with Gasteiger partial charge in [0.1, 0.15) is 0 Å². The second-order valence-corrected chi connectivity index (χ2v) is 2.82. The summed E-state index contributed by atoms with van der Waals surface area (Å²) in [5, 5.41) is 2.63. The molecule has 0 aliphatic carbocycles. The van der Waals surface area contributed by atoms with Gasteiger partial charge in [-0.15, -0.1) is 6.42 Å². The van der Waals surface area contributed by atoms with Gasteiger partial charge in [-0.25, -0.2) is 0 Å². The maximum Gasteiger partial charge on any atom is 0.296 e. The Labute approximate surface area is 83.3 Å². The molecule has 1 amide bonds. The summed E-state index contributed by atoms with van der Waals surface area (Å²) in [6.07, 6.45) is 4.95. The highest BCUT2D eigenvalue weighted by atomic mass is 16.1. The molecule has 1 unspecified atom stereocenters. The van der Waals surface area contributed by atoms with E-state index in [0.717, 1.165) is 5.56 Å². The normalized spacial score (nSPS) is 11.4. The summed E-state index contributed by atoms with van der Waals surface area (Å²) in [5.41, 5.74) is 6.48. The van der Waals surface area contributed by atoms with Gasteiger partial charge in [-0.1, -0.05) is 30.3 Å². The minimum absolute atomic E-state index is 0.209. The number of carbonyl (C=O) groups is 1. The monoisotopic (exact) mass is 188 g/mol. The third-order valence-electron chi connectivity index (χ3n) is 1.87. The molecule has 3 N–H and O–H groups in total. The molecule has 0 aliphatic rings. The van der Waals surface area contributed by atoms with E-state index in [1.54, 1.807) is 0 Å². The number of terminal acetylenes is 1. The lowest BCUT2D eigenvalue weighted by molar-refractivity contribution is -0.116. The van der Waals surface area contributed by atoms with Gasteiger partial charge in [0.2, 0.25) is 0 Å². The predicted octanol–water partition coefficient (Wildman–Crippen LogP) is 0.436. The molecule has 14 heavy (non-hydrogen) atoms. The van der Waals surface area contributed by atoms with Crippen LogP contribution < -0.4 is 11.1 Å². The summed E-state index contributed by atoms with van der Waals surface area (Å²) in [7, 11) is 0. The Hall–Kier alpha value is -1.79. The van der Waals surface area contributed by atoms with E-state index in [1.807, 2.05) is 36.3 Å². The molecule has 0 aromatic heterocycles. The van der Waals surface area contributed by atoms with Crippen LogP contribution in [0.4, 0.5) is 0 Å². The van der Waals surface area contributed by atoms with Crippen molar-refractivity contribution in [3.05, 3.63) is 35.9 Å². The minimum atomic E-state index is -0.440. The first-order valence-electron chi connectivity index (χ1n) is 4.30.